The molecular weight excluding hydrogens is 294 g/mol. The Morgan fingerprint density at radius 2 is 2.10 bits per heavy atom. The van der Waals surface area contributed by atoms with Gasteiger partial charge in [-0.05, 0) is 36.3 Å². The molecule has 1 aliphatic heterocycles. The molecule has 0 aliphatic carbocycles. The van der Waals surface area contributed by atoms with Gasteiger partial charge in [0, 0.05) is 24.6 Å². The Balaban J connectivity index is 1.84. The third-order valence-corrected chi connectivity index (χ3v) is 5.95. The first kappa shape index (κ1) is 15.8. The Labute approximate surface area is 124 Å². The molecule has 0 saturated carbocycles. The highest BCUT2D eigenvalue weighted by Gasteiger charge is 2.16. The van der Waals surface area contributed by atoms with Gasteiger partial charge in [0.1, 0.15) is 0 Å². The maximum absolute atomic E-state index is 11.4. The van der Waals surface area contributed by atoms with E-state index in [1.807, 2.05) is 11.8 Å². The van der Waals surface area contributed by atoms with E-state index in [9.17, 15) is 13.5 Å². The van der Waals surface area contributed by atoms with Crippen molar-refractivity contribution in [3.05, 3.63) is 29.8 Å². The van der Waals surface area contributed by atoms with Crippen LogP contribution in [0.3, 0.4) is 0 Å². The molecule has 0 radical (unpaired) electrons. The lowest BCUT2D eigenvalue weighted by atomic mass is 10.1. The van der Waals surface area contributed by atoms with E-state index in [2.05, 4.69) is 5.32 Å². The lowest BCUT2D eigenvalue weighted by molar-refractivity contribution is 0.175. The molecule has 1 aromatic rings. The molecule has 2 N–H and O–H groups in total. The summed E-state index contributed by atoms with van der Waals surface area (Å²) in [5.41, 5.74) is 0.740. The Morgan fingerprint density at radius 3 is 2.65 bits per heavy atom. The van der Waals surface area contributed by atoms with Crippen molar-refractivity contribution in [2.24, 2.45) is 0 Å². The molecule has 1 saturated heterocycles. The van der Waals surface area contributed by atoms with E-state index in [4.69, 9.17) is 0 Å². The van der Waals surface area contributed by atoms with Crippen LogP contribution in [0.2, 0.25) is 0 Å². The molecule has 20 heavy (non-hydrogen) atoms. The molecule has 1 aliphatic rings. The van der Waals surface area contributed by atoms with E-state index >= 15 is 0 Å². The van der Waals surface area contributed by atoms with Crippen LogP contribution in [0.5, 0.6) is 0 Å². The monoisotopic (exact) mass is 315 g/mol. The molecule has 0 aromatic heterocycles. The van der Waals surface area contributed by atoms with Crippen LogP contribution < -0.4 is 5.32 Å². The lowest BCUT2D eigenvalue weighted by Gasteiger charge is -2.15. The Morgan fingerprint density at radius 1 is 1.40 bits per heavy atom. The second-order valence-electron chi connectivity index (χ2n) is 5.15. The molecule has 2 atom stereocenters. The largest absolute Gasteiger partial charge is 0.387 e. The molecular formula is C14H21NO3S2. The van der Waals surface area contributed by atoms with Gasteiger partial charge in [-0.1, -0.05) is 12.1 Å². The molecule has 0 spiro atoms. The van der Waals surface area contributed by atoms with Crippen LogP contribution in [0, 0.1) is 0 Å². The van der Waals surface area contributed by atoms with Crippen molar-refractivity contribution in [1.82, 2.24) is 5.32 Å². The third kappa shape index (κ3) is 4.48. The summed E-state index contributed by atoms with van der Waals surface area (Å²) in [7, 11) is -3.17. The number of rotatable bonds is 6. The fraction of sp³-hybridized carbons (Fsp3) is 0.571. The van der Waals surface area contributed by atoms with Crippen molar-refractivity contribution in [2.75, 3.05) is 25.1 Å². The minimum absolute atomic E-state index is 0.281. The molecule has 1 aromatic carbocycles. The van der Waals surface area contributed by atoms with Gasteiger partial charge in [-0.2, -0.15) is 11.8 Å². The highest BCUT2D eigenvalue weighted by atomic mass is 32.2. The standard InChI is InChI=1S/C14H21NO3S2/c1-20(17,18)13-6-4-11(5-7-13)14(16)10-15-9-12-3-2-8-19-12/h4-7,12,14-16H,2-3,8-10H2,1H3. The lowest BCUT2D eigenvalue weighted by Crippen LogP contribution is -2.27. The molecule has 2 unspecified atom stereocenters. The minimum Gasteiger partial charge on any atom is -0.387 e. The highest BCUT2D eigenvalue weighted by molar-refractivity contribution is 8.00. The maximum atomic E-state index is 11.4. The van der Waals surface area contributed by atoms with Crippen LogP contribution in [0.15, 0.2) is 29.2 Å². The fourth-order valence-corrected chi connectivity index (χ4v) is 4.11. The van der Waals surface area contributed by atoms with Gasteiger partial charge in [-0.25, -0.2) is 8.42 Å². The first-order valence-corrected chi connectivity index (χ1v) is 9.71. The summed E-state index contributed by atoms with van der Waals surface area (Å²) in [5, 5.41) is 14.0. The van der Waals surface area contributed by atoms with Gasteiger partial charge in [0.2, 0.25) is 0 Å². The zero-order chi connectivity index (χ0) is 14.6. The smallest absolute Gasteiger partial charge is 0.175 e. The van der Waals surface area contributed by atoms with Crippen LogP contribution in [0.4, 0.5) is 0 Å². The first-order valence-electron chi connectivity index (χ1n) is 6.77. The van der Waals surface area contributed by atoms with Crippen LogP contribution >= 0.6 is 11.8 Å². The Hall–Kier alpha value is -0.560. The predicted molar refractivity (Wildman–Crippen MR) is 82.9 cm³/mol. The number of hydrogen-bond acceptors (Lipinski definition) is 5. The number of benzene rings is 1. The van der Waals surface area contributed by atoms with Crippen molar-refractivity contribution < 1.29 is 13.5 Å². The van der Waals surface area contributed by atoms with Crippen LogP contribution in [0.1, 0.15) is 24.5 Å². The summed E-state index contributed by atoms with van der Waals surface area (Å²) in [4.78, 5) is 0.281. The SMILES string of the molecule is CS(=O)(=O)c1ccc(C(O)CNCC2CCCS2)cc1. The minimum atomic E-state index is -3.17. The predicted octanol–water partition coefficient (Wildman–Crippen LogP) is 1.61. The molecule has 112 valence electrons. The average Bonchev–Trinajstić information content (AvgIpc) is 2.91. The summed E-state index contributed by atoms with van der Waals surface area (Å²) in [6.45, 7) is 1.42. The van der Waals surface area contributed by atoms with Crippen molar-refractivity contribution in [3.63, 3.8) is 0 Å². The van der Waals surface area contributed by atoms with Gasteiger partial charge in [0.25, 0.3) is 0 Å². The van der Waals surface area contributed by atoms with Crippen molar-refractivity contribution in [3.8, 4) is 0 Å². The third-order valence-electron chi connectivity index (χ3n) is 3.43. The summed E-state index contributed by atoms with van der Waals surface area (Å²) >= 11 is 1.98. The van der Waals surface area contributed by atoms with Gasteiger partial charge in [0.15, 0.2) is 9.84 Å². The number of thioether (sulfide) groups is 1. The molecule has 0 amide bonds. The number of nitrogens with one attached hydrogen (secondary N) is 1. The molecule has 2 rings (SSSR count). The van der Waals surface area contributed by atoms with Gasteiger partial charge >= 0.3 is 0 Å². The summed E-state index contributed by atoms with van der Waals surface area (Å²) in [5.74, 6) is 1.24. The maximum Gasteiger partial charge on any atom is 0.175 e. The molecule has 6 heteroatoms. The van der Waals surface area contributed by atoms with E-state index in [0.29, 0.717) is 11.8 Å². The van der Waals surface area contributed by atoms with Crippen LogP contribution in [-0.2, 0) is 9.84 Å². The van der Waals surface area contributed by atoms with Gasteiger partial charge < -0.3 is 10.4 Å². The Bertz CT molecular complexity index is 522. The highest BCUT2D eigenvalue weighted by Crippen LogP contribution is 2.25. The van der Waals surface area contributed by atoms with Gasteiger partial charge in [-0.15, -0.1) is 0 Å². The topological polar surface area (TPSA) is 66.4 Å². The van der Waals surface area contributed by atoms with Gasteiger partial charge in [0.05, 0.1) is 11.0 Å². The number of hydrogen-bond donors (Lipinski definition) is 2. The summed E-state index contributed by atoms with van der Waals surface area (Å²) in [6.07, 6.45) is 3.11. The fourth-order valence-electron chi connectivity index (χ4n) is 2.24. The average molecular weight is 315 g/mol. The second kappa shape index (κ2) is 6.93. The summed E-state index contributed by atoms with van der Waals surface area (Å²) < 4.78 is 22.7. The normalized spacial score (nSPS) is 21.0. The van der Waals surface area contributed by atoms with E-state index in [1.165, 1.54) is 24.9 Å². The van der Waals surface area contributed by atoms with E-state index in [1.54, 1.807) is 24.3 Å². The van der Waals surface area contributed by atoms with E-state index < -0.39 is 15.9 Å². The zero-order valence-electron chi connectivity index (χ0n) is 11.6. The summed E-state index contributed by atoms with van der Waals surface area (Å²) in [6, 6.07) is 6.43. The number of aliphatic hydroxyl groups is 1. The second-order valence-corrected chi connectivity index (χ2v) is 8.57. The molecule has 4 nitrogen and oxygen atoms in total. The quantitative estimate of drug-likeness (QED) is 0.835. The molecule has 1 fully saturated rings. The van der Waals surface area contributed by atoms with E-state index in [-0.39, 0.29) is 4.90 Å². The first-order chi connectivity index (χ1) is 9.47. The van der Waals surface area contributed by atoms with Crippen LogP contribution in [-0.4, -0.2) is 43.9 Å². The number of aliphatic hydroxyl groups excluding tert-OH is 1. The Kier molecular flexibility index (Phi) is 5.49. The number of sulfone groups is 1. The zero-order valence-corrected chi connectivity index (χ0v) is 13.2. The van der Waals surface area contributed by atoms with Crippen LogP contribution in [0.25, 0.3) is 0 Å². The van der Waals surface area contributed by atoms with E-state index in [0.717, 1.165) is 12.1 Å². The van der Waals surface area contributed by atoms with Crippen molar-refractivity contribution in [1.29, 1.82) is 0 Å². The van der Waals surface area contributed by atoms with Crippen molar-refractivity contribution >= 4 is 21.6 Å². The molecule has 0 bridgehead atoms. The van der Waals surface area contributed by atoms with Gasteiger partial charge in [-0.3, -0.25) is 0 Å². The van der Waals surface area contributed by atoms with Crippen molar-refractivity contribution in [2.45, 2.75) is 29.1 Å². The molecule has 1 heterocycles.